The van der Waals surface area contributed by atoms with Gasteiger partial charge in [0.1, 0.15) is 6.10 Å². The molecule has 0 bridgehead atoms. The van der Waals surface area contributed by atoms with Crippen molar-refractivity contribution in [3.8, 4) is 0 Å². The maximum Gasteiger partial charge on any atom is 0.490 e. The van der Waals surface area contributed by atoms with E-state index in [1.165, 1.54) is 6.42 Å². The van der Waals surface area contributed by atoms with Crippen molar-refractivity contribution in [2.75, 3.05) is 11.9 Å². The fourth-order valence-corrected chi connectivity index (χ4v) is 2.02. The average molecular weight is 391 g/mol. The van der Waals surface area contributed by atoms with E-state index in [1.54, 1.807) is 0 Å². The summed E-state index contributed by atoms with van der Waals surface area (Å²) in [4.78, 5) is 22.1. The van der Waals surface area contributed by atoms with Crippen molar-refractivity contribution in [1.29, 1.82) is 0 Å². The Labute approximate surface area is 136 Å². The number of hydrogen-bond donors (Lipinski definition) is 0. The van der Waals surface area contributed by atoms with Gasteiger partial charge in [-0.15, -0.1) is 0 Å². The lowest BCUT2D eigenvalue weighted by Crippen LogP contribution is -2.32. The summed E-state index contributed by atoms with van der Waals surface area (Å²) in [5.74, 6) is -2.98. The molecule has 130 valence electrons. The van der Waals surface area contributed by atoms with E-state index in [-0.39, 0.29) is 11.9 Å². The molecule has 1 unspecified atom stereocenters. The van der Waals surface area contributed by atoms with Crippen LogP contribution in [0.4, 0.5) is 13.2 Å². The van der Waals surface area contributed by atoms with Crippen LogP contribution in [-0.4, -0.2) is 36.2 Å². The van der Waals surface area contributed by atoms with Gasteiger partial charge in [0.2, 0.25) is 0 Å². The Balaban J connectivity index is 3.85. The van der Waals surface area contributed by atoms with Crippen LogP contribution in [0.5, 0.6) is 0 Å². The SMILES string of the molecule is CCCCCCCCOC(=O)CC(CBr)OC(=O)C(F)(F)F. The zero-order chi connectivity index (χ0) is 17.0. The molecule has 0 aliphatic heterocycles. The highest BCUT2D eigenvalue weighted by molar-refractivity contribution is 9.09. The zero-order valence-electron chi connectivity index (χ0n) is 12.6. The van der Waals surface area contributed by atoms with Gasteiger partial charge in [-0.25, -0.2) is 4.79 Å². The number of rotatable bonds is 11. The second-order valence-electron chi connectivity index (χ2n) is 4.87. The van der Waals surface area contributed by atoms with Gasteiger partial charge in [-0.3, -0.25) is 4.79 Å². The minimum atomic E-state index is -5.07. The van der Waals surface area contributed by atoms with Gasteiger partial charge in [-0.05, 0) is 6.42 Å². The standard InChI is InChI=1S/C14H22BrF3O4/c1-2-3-4-5-6-7-8-21-12(19)9-11(10-15)22-13(20)14(16,17)18/h11H,2-10H2,1H3. The second-order valence-corrected chi connectivity index (χ2v) is 5.52. The molecule has 0 aliphatic rings. The first-order valence-corrected chi connectivity index (χ1v) is 8.42. The molecule has 0 aliphatic carbocycles. The molecule has 22 heavy (non-hydrogen) atoms. The fourth-order valence-electron chi connectivity index (χ4n) is 1.66. The number of halogens is 4. The summed E-state index contributed by atoms with van der Waals surface area (Å²) in [6.07, 6.45) is -0.453. The summed E-state index contributed by atoms with van der Waals surface area (Å²) in [5, 5.41) is -0.0685. The Morgan fingerprint density at radius 1 is 1.09 bits per heavy atom. The van der Waals surface area contributed by atoms with Crippen molar-refractivity contribution >= 4 is 27.9 Å². The molecular weight excluding hydrogens is 369 g/mol. The second kappa shape index (κ2) is 11.7. The molecule has 0 aromatic heterocycles. The van der Waals surface area contributed by atoms with E-state index in [0.29, 0.717) is 0 Å². The van der Waals surface area contributed by atoms with Crippen LogP contribution in [0.25, 0.3) is 0 Å². The Hall–Kier alpha value is -0.790. The first-order valence-electron chi connectivity index (χ1n) is 7.30. The fraction of sp³-hybridized carbons (Fsp3) is 0.857. The van der Waals surface area contributed by atoms with Crippen molar-refractivity contribution in [3.05, 3.63) is 0 Å². The average Bonchev–Trinajstić information content (AvgIpc) is 2.44. The lowest BCUT2D eigenvalue weighted by Gasteiger charge is -2.15. The van der Waals surface area contributed by atoms with Gasteiger partial charge >= 0.3 is 18.1 Å². The molecule has 0 rings (SSSR count). The maximum absolute atomic E-state index is 12.1. The van der Waals surface area contributed by atoms with Crippen LogP contribution >= 0.6 is 15.9 Å². The van der Waals surface area contributed by atoms with Gasteiger partial charge in [-0.2, -0.15) is 13.2 Å². The molecule has 0 saturated carbocycles. The van der Waals surface area contributed by atoms with E-state index in [1.807, 2.05) is 0 Å². The maximum atomic E-state index is 12.1. The lowest BCUT2D eigenvalue weighted by atomic mass is 10.1. The summed E-state index contributed by atoms with van der Waals surface area (Å²) in [7, 11) is 0. The first-order chi connectivity index (χ1) is 10.3. The highest BCUT2D eigenvalue weighted by atomic mass is 79.9. The number of ether oxygens (including phenoxy) is 2. The van der Waals surface area contributed by atoms with Gasteiger partial charge in [0, 0.05) is 5.33 Å². The number of carbonyl (C=O) groups excluding carboxylic acids is 2. The summed E-state index contributed by atoms with van der Waals surface area (Å²) in [5.41, 5.74) is 0. The third kappa shape index (κ3) is 10.9. The predicted octanol–water partition coefficient (Wildman–Crippen LogP) is 4.15. The van der Waals surface area contributed by atoms with Gasteiger partial charge < -0.3 is 9.47 Å². The van der Waals surface area contributed by atoms with Crippen LogP contribution in [0.1, 0.15) is 51.9 Å². The van der Waals surface area contributed by atoms with E-state index < -0.39 is 30.6 Å². The molecule has 0 spiro atoms. The van der Waals surface area contributed by atoms with E-state index in [9.17, 15) is 22.8 Å². The summed E-state index contributed by atoms with van der Waals surface area (Å²) >= 11 is 2.90. The number of alkyl halides is 4. The van der Waals surface area contributed by atoms with Crippen molar-refractivity contribution in [1.82, 2.24) is 0 Å². The number of carbonyl (C=O) groups is 2. The van der Waals surface area contributed by atoms with Crippen LogP contribution in [0.2, 0.25) is 0 Å². The van der Waals surface area contributed by atoms with Gasteiger partial charge in [0.15, 0.2) is 0 Å². The molecule has 0 fully saturated rings. The smallest absolute Gasteiger partial charge is 0.466 e. The molecule has 8 heteroatoms. The topological polar surface area (TPSA) is 52.6 Å². The normalized spacial score (nSPS) is 12.8. The quantitative estimate of drug-likeness (QED) is 0.302. The Morgan fingerprint density at radius 2 is 1.68 bits per heavy atom. The van der Waals surface area contributed by atoms with Gasteiger partial charge in [-0.1, -0.05) is 55.0 Å². The summed E-state index contributed by atoms with van der Waals surface area (Å²) < 4.78 is 45.3. The van der Waals surface area contributed by atoms with E-state index in [0.717, 1.165) is 32.1 Å². The molecule has 1 atom stereocenters. The minimum Gasteiger partial charge on any atom is -0.466 e. The molecule has 0 radical (unpaired) electrons. The molecule has 4 nitrogen and oxygen atoms in total. The number of hydrogen-bond acceptors (Lipinski definition) is 4. The van der Waals surface area contributed by atoms with Crippen molar-refractivity contribution in [3.63, 3.8) is 0 Å². The highest BCUT2D eigenvalue weighted by Crippen LogP contribution is 2.19. The van der Waals surface area contributed by atoms with E-state index in [4.69, 9.17) is 4.74 Å². The minimum absolute atomic E-state index is 0.0685. The van der Waals surface area contributed by atoms with Crippen LogP contribution in [0.15, 0.2) is 0 Å². The molecular formula is C14H22BrF3O4. The molecule has 0 saturated heterocycles. The Kier molecular flexibility index (Phi) is 11.3. The van der Waals surface area contributed by atoms with Gasteiger partial charge in [0.05, 0.1) is 13.0 Å². The number of unbranched alkanes of at least 4 members (excludes halogenated alkanes) is 5. The van der Waals surface area contributed by atoms with Gasteiger partial charge in [0.25, 0.3) is 0 Å². The van der Waals surface area contributed by atoms with E-state index in [2.05, 4.69) is 27.6 Å². The Morgan fingerprint density at radius 3 is 2.23 bits per heavy atom. The lowest BCUT2D eigenvalue weighted by molar-refractivity contribution is -0.204. The monoisotopic (exact) mass is 390 g/mol. The predicted molar refractivity (Wildman–Crippen MR) is 78.7 cm³/mol. The zero-order valence-corrected chi connectivity index (χ0v) is 14.2. The largest absolute Gasteiger partial charge is 0.490 e. The van der Waals surface area contributed by atoms with Crippen LogP contribution < -0.4 is 0 Å². The van der Waals surface area contributed by atoms with Crippen LogP contribution in [-0.2, 0) is 19.1 Å². The first kappa shape index (κ1) is 21.2. The Bertz CT molecular complexity index is 335. The summed E-state index contributed by atoms with van der Waals surface area (Å²) in [6.45, 7) is 2.35. The molecule has 0 N–H and O–H groups in total. The van der Waals surface area contributed by atoms with E-state index >= 15 is 0 Å². The van der Waals surface area contributed by atoms with Crippen molar-refractivity contribution < 1.29 is 32.2 Å². The highest BCUT2D eigenvalue weighted by Gasteiger charge is 2.42. The number of esters is 2. The molecule has 0 aromatic carbocycles. The third-order valence-electron chi connectivity index (χ3n) is 2.83. The van der Waals surface area contributed by atoms with Crippen molar-refractivity contribution in [2.24, 2.45) is 0 Å². The third-order valence-corrected chi connectivity index (χ3v) is 3.55. The molecule has 0 amide bonds. The molecule has 0 heterocycles. The van der Waals surface area contributed by atoms with Crippen molar-refractivity contribution in [2.45, 2.75) is 64.1 Å². The molecule has 0 aromatic rings. The summed E-state index contributed by atoms with van der Waals surface area (Å²) in [6, 6.07) is 0. The van der Waals surface area contributed by atoms with Crippen LogP contribution in [0, 0.1) is 0 Å². The van der Waals surface area contributed by atoms with Crippen LogP contribution in [0.3, 0.4) is 0 Å².